The van der Waals surface area contributed by atoms with Gasteiger partial charge < -0.3 is 15.0 Å². The maximum absolute atomic E-state index is 12.5. The van der Waals surface area contributed by atoms with E-state index in [1.807, 2.05) is 0 Å². The van der Waals surface area contributed by atoms with Crippen LogP contribution in [0.1, 0.15) is 20.7 Å². The standard InChI is InChI=1S/C15H15N3O5/c1-23-14(21)11-5-3-2-4-10(11)13(20)17-7-9(8-17)18-12(19)6-16-15(18)22/h2-5,9H,6-8H2,1H3,(H,16,22). The SMILES string of the molecule is COC(=O)c1ccccc1C(=O)N1CC(N2C(=O)CNC2=O)C1. The molecule has 1 N–H and O–H groups in total. The zero-order valence-electron chi connectivity index (χ0n) is 12.4. The Kier molecular flexibility index (Phi) is 3.73. The van der Waals surface area contributed by atoms with Crippen LogP contribution in [0.5, 0.6) is 0 Å². The van der Waals surface area contributed by atoms with Gasteiger partial charge in [-0.2, -0.15) is 0 Å². The first-order valence-electron chi connectivity index (χ1n) is 7.09. The third kappa shape index (κ3) is 2.52. The van der Waals surface area contributed by atoms with Crippen molar-refractivity contribution in [1.29, 1.82) is 0 Å². The van der Waals surface area contributed by atoms with E-state index in [2.05, 4.69) is 10.1 Å². The molecule has 2 heterocycles. The van der Waals surface area contributed by atoms with Crippen LogP contribution in [-0.4, -0.2) is 66.4 Å². The topological polar surface area (TPSA) is 96.0 Å². The van der Waals surface area contributed by atoms with E-state index in [9.17, 15) is 19.2 Å². The molecule has 2 fully saturated rings. The summed E-state index contributed by atoms with van der Waals surface area (Å²) in [4.78, 5) is 50.1. The maximum Gasteiger partial charge on any atom is 0.338 e. The molecule has 0 aliphatic carbocycles. The number of benzene rings is 1. The number of ether oxygens (including phenoxy) is 1. The van der Waals surface area contributed by atoms with Gasteiger partial charge >= 0.3 is 12.0 Å². The van der Waals surface area contributed by atoms with Crippen molar-refractivity contribution in [2.45, 2.75) is 6.04 Å². The van der Waals surface area contributed by atoms with Gasteiger partial charge in [-0.15, -0.1) is 0 Å². The number of nitrogens with one attached hydrogen (secondary N) is 1. The lowest BCUT2D eigenvalue weighted by Crippen LogP contribution is -2.62. The number of urea groups is 1. The minimum Gasteiger partial charge on any atom is -0.465 e. The number of rotatable bonds is 3. The lowest BCUT2D eigenvalue weighted by molar-refractivity contribution is -0.128. The third-order valence-corrected chi connectivity index (χ3v) is 3.96. The number of carbonyl (C=O) groups excluding carboxylic acids is 4. The summed E-state index contributed by atoms with van der Waals surface area (Å²) >= 11 is 0. The number of nitrogens with zero attached hydrogens (tertiary/aromatic N) is 2. The Morgan fingerprint density at radius 1 is 1.17 bits per heavy atom. The van der Waals surface area contributed by atoms with Crippen molar-refractivity contribution in [3.05, 3.63) is 35.4 Å². The predicted octanol–water partition coefficient (Wildman–Crippen LogP) is -0.151. The molecule has 0 radical (unpaired) electrons. The largest absolute Gasteiger partial charge is 0.465 e. The van der Waals surface area contributed by atoms with E-state index < -0.39 is 12.0 Å². The molecule has 0 atom stereocenters. The zero-order valence-corrected chi connectivity index (χ0v) is 12.4. The monoisotopic (exact) mass is 317 g/mol. The van der Waals surface area contributed by atoms with Crippen LogP contribution in [0.2, 0.25) is 0 Å². The summed E-state index contributed by atoms with van der Waals surface area (Å²) in [5, 5.41) is 2.45. The van der Waals surface area contributed by atoms with E-state index in [1.54, 1.807) is 18.2 Å². The van der Waals surface area contributed by atoms with E-state index >= 15 is 0 Å². The van der Waals surface area contributed by atoms with Crippen LogP contribution >= 0.6 is 0 Å². The fourth-order valence-electron chi connectivity index (χ4n) is 2.72. The summed E-state index contributed by atoms with van der Waals surface area (Å²) in [6.45, 7) is 0.509. The number of carbonyl (C=O) groups is 4. The molecule has 0 unspecified atom stereocenters. The molecule has 4 amide bonds. The second kappa shape index (κ2) is 5.71. The lowest BCUT2D eigenvalue weighted by Gasteiger charge is -2.42. The molecule has 2 saturated heterocycles. The summed E-state index contributed by atoms with van der Waals surface area (Å²) in [6.07, 6.45) is 0. The quantitative estimate of drug-likeness (QED) is 0.618. The molecule has 2 aliphatic heterocycles. The Morgan fingerprint density at radius 3 is 2.39 bits per heavy atom. The van der Waals surface area contributed by atoms with Gasteiger partial charge in [-0.05, 0) is 12.1 Å². The van der Waals surface area contributed by atoms with Gasteiger partial charge in [0.15, 0.2) is 0 Å². The Morgan fingerprint density at radius 2 is 1.83 bits per heavy atom. The van der Waals surface area contributed by atoms with E-state index in [1.165, 1.54) is 18.1 Å². The molecule has 8 nitrogen and oxygen atoms in total. The molecular formula is C15H15N3O5. The van der Waals surface area contributed by atoms with Crippen LogP contribution in [0, 0.1) is 0 Å². The van der Waals surface area contributed by atoms with Crippen LogP contribution in [0.25, 0.3) is 0 Å². The predicted molar refractivity (Wildman–Crippen MR) is 77.7 cm³/mol. The number of amides is 4. The number of likely N-dealkylation sites (tertiary alicyclic amines) is 1. The van der Waals surface area contributed by atoms with Gasteiger partial charge in [-0.3, -0.25) is 14.5 Å². The van der Waals surface area contributed by atoms with Gasteiger partial charge in [-0.1, -0.05) is 12.1 Å². The van der Waals surface area contributed by atoms with Gasteiger partial charge in [0.05, 0.1) is 30.8 Å². The Hall–Kier alpha value is -2.90. The number of imide groups is 1. The normalized spacial score (nSPS) is 17.8. The van der Waals surface area contributed by atoms with Crippen LogP contribution in [0.15, 0.2) is 24.3 Å². The highest BCUT2D eigenvalue weighted by atomic mass is 16.5. The Labute approximate surface area is 132 Å². The highest BCUT2D eigenvalue weighted by Crippen LogP contribution is 2.22. The molecule has 120 valence electrons. The van der Waals surface area contributed by atoms with Gasteiger partial charge in [0.1, 0.15) is 0 Å². The van der Waals surface area contributed by atoms with E-state index in [0.717, 1.165) is 4.90 Å². The van der Waals surface area contributed by atoms with Crippen molar-refractivity contribution in [3.63, 3.8) is 0 Å². The fraction of sp³-hybridized carbons (Fsp3) is 0.333. The lowest BCUT2D eigenvalue weighted by atomic mass is 10.0. The average molecular weight is 317 g/mol. The smallest absolute Gasteiger partial charge is 0.338 e. The molecule has 0 aromatic heterocycles. The van der Waals surface area contributed by atoms with Crippen LogP contribution < -0.4 is 5.32 Å². The first-order valence-corrected chi connectivity index (χ1v) is 7.09. The minimum absolute atomic E-state index is 0.00550. The van der Waals surface area contributed by atoms with Crippen LogP contribution in [0.3, 0.4) is 0 Å². The molecular weight excluding hydrogens is 302 g/mol. The van der Waals surface area contributed by atoms with E-state index in [-0.39, 0.29) is 48.6 Å². The van der Waals surface area contributed by atoms with Gasteiger partial charge in [0, 0.05) is 13.1 Å². The number of hydrogen-bond acceptors (Lipinski definition) is 5. The molecule has 0 bridgehead atoms. The van der Waals surface area contributed by atoms with Crippen molar-refractivity contribution in [2.24, 2.45) is 0 Å². The number of hydrogen-bond donors (Lipinski definition) is 1. The third-order valence-electron chi connectivity index (χ3n) is 3.96. The molecule has 0 spiro atoms. The average Bonchev–Trinajstić information content (AvgIpc) is 2.85. The molecule has 3 rings (SSSR count). The first kappa shape index (κ1) is 15.0. The zero-order chi connectivity index (χ0) is 16.6. The molecule has 0 saturated carbocycles. The summed E-state index contributed by atoms with van der Waals surface area (Å²) < 4.78 is 4.67. The van der Waals surface area contributed by atoms with Gasteiger partial charge in [-0.25, -0.2) is 9.59 Å². The Balaban J connectivity index is 1.71. The minimum atomic E-state index is -0.583. The van der Waals surface area contributed by atoms with E-state index in [4.69, 9.17) is 0 Å². The van der Waals surface area contributed by atoms with Crippen molar-refractivity contribution in [1.82, 2.24) is 15.1 Å². The maximum atomic E-state index is 12.5. The molecule has 23 heavy (non-hydrogen) atoms. The molecule has 2 aliphatic rings. The van der Waals surface area contributed by atoms with Crippen molar-refractivity contribution in [3.8, 4) is 0 Å². The molecule has 1 aromatic rings. The summed E-state index contributed by atoms with van der Waals surface area (Å²) in [6, 6.07) is 5.63. The number of methoxy groups -OCH3 is 1. The molecule has 1 aromatic carbocycles. The van der Waals surface area contributed by atoms with Crippen molar-refractivity contribution in [2.75, 3.05) is 26.7 Å². The van der Waals surface area contributed by atoms with Gasteiger partial charge in [0.2, 0.25) is 5.91 Å². The van der Waals surface area contributed by atoms with Crippen molar-refractivity contribution < 1.29 is 23.9 Å². The highest BCUT2D eigenvalue weighted by Gasteiger charge is 2.43. The Bertz CT molecular complexity index is 680. The summed E-state index contributed by atoms with van der Waals surface area (Å²) in [5.41, 5.74) is 0.438. The second-order valence-corrected chi connectivity index (χ2v) is 5.32. The second-order valence-electron chi connectivity index (χ2n) is 5.32. The summed E-state index contributed by atoms with van der Waals surface area (Å²) in [5.74, 6) is -1.20. The van der Waals surface area contributed by atoms with Gasteiger partial charge in [0.25, 0.3) is 5.91 Å². The number of esters is 1. The van der Waals surface area contributed by atoms with Crippen LogP contribution in [0.4, 0.5) is 4.79 Å². The van der Waals surface area contributed by atoms with Crippen LogP contribution in [-0.2, 0) is 9.53 Å². The molecule has 8 heteroatoms. The summed E-state index contributed by atoms with van der Waals surface area (Å²) in [7, 11) is 1.25. The van der Waals surface area contributed by atoms with Crippen molar-refractivity contribution >= 4 is 23.8 Å². The fourth-order valence-corrected chi connectivity index (χ4v) is 2.72. The first-order chi connectivity index (χ1) is 11.0. The van der Waals surface area contributed by atoms with E-state index in [0.29, 0.717) is 0 Å². The highest BCUT2D eigenvalue weighted by molar-refractivity contribution is 6.06.